The Morgan fingerprint density at radius 2 is 1.83 bits per heavy atom. The summed E-state index contributed by atoms with van der Waals surface area (Å²) in [5, 5.41) is 10.6. The molecule has 0 bridgehead atoms. The second-order valence-electron chi connectivity index (χ2n) is 9.49. The molecule has 130 valence electrons. The van der Waals surface area contributed by atoms with Crippen molar-refractivity contribution in [2.75, 3.05) is 6.61 Å². The molecule has 0 radical (unpaired) electrons. The lowest BCUT2D eigenvalue weighted by Crippen LogP contribution is -2.65. The Morgan fingerprint density at radius 1 is 1.04 bits per heavy atom. The van der Waals surface area contributed by atoms with Crippen molar-refractivity contribution in [3.05, 3.63) is 12.3 Å². The number of aliphatic hydroxyl groups excluding tert-OH is 1. The van der Waals surface area contributed by atoms with Gasteiger partial charge >= 0.3 is 0 Å². The van der Waals surface area contributed by atoms with Gasteiger partial charge in [0.05, 0.1) is 18.0 Å². The van der Waals surface area contributed by atoms with Gasteiger partial charge in [-0.05, 0) is 61.9 Å². The van der Waals surface area contributed by atoms with Crippen LogP contribution >= 0.6 is 0 Å². The molecule has 23 heavy (non-hydrogen) atoms. The molecule has 0 aromatic carbocycles. The van der Waals surface area contributed by atoms with E-state index in [2.05, 4.69) is 33.8 Å². The molecule has 6 unspecified atom stereocenters. The van der Waals surface area contributed by atoms with Gasteiger partial charge in [-0.1, -0.05) is 27.7 Å². The SMILES string of the molecule is CC1CCC2C(C)(C)C(O)CCC2(C)C12CCC1(C=COC1)O2. The maximum atomic E-state index is 10.6. The smallest absolute Gasteiger partial charge is 0.124 e. The highest BCUT2D eigenvalue weighted by atomic mass is 16.6. The first-order chi connectivity index (χ1) is 10.8. The summed E-state index contributed by atoms with van der Waals surface area (Å²) in [7, 11) is 0. The summed E-state index contributed by atoms with van der Waals surface area (Å²) in [5.41, 5.74) is -0.140. The summed E-state index contributed by atoms with van der Waals surface area (Å²) in [6, 6.07) is 0. The average Bonchev–Trinajstić information content (AvgIpc) is 3.11. The van der Waals surface area contributed by atoms with Crippen LogP contribution in [0.1, 0.15) is 66.2 Å². The first kappa shape index (κ1) is 16.0. The number of ether oxygens (including phenoxy) is 2. The molecule has 3 fully saturated rings. The Hall–Kier alpha value is -0.540. The van der Waals surface area contributed by atoms with Crippen molar-refractivity contribution >= 4 is 0 Å². The second-order valence-corrected chi connectivity index (χ2v) is 9.49. The Labute approximate surface area is 140 Å². The van der Waals surface area contributed by atoms with Gasteiger partial charge in [-0.15, -0.1) is 0 Å². The topological polar surface area (TPSA) is 38.7 Å². The molecule has 3 nitrogen and oxygen atoms in total. The van der Waals surface area contributed by atoms with Gasteiger partial charge in [0.2, 0.25) is 0 Å². The van der Waals surface area contributed by atoms with Crippen LogP contribution in [0.25, 0.3) is 0 Å². The van der Waals surface area contributed by atoms with Crippen LogP contribution in [0.3, 0.4) is 0 Å². The lowest BCUT2D eigenvalue weighted by molar-refractivity contribution is -0.255. The van der Waals surface area contributed by atoms with Crippen molar-refractivity contribution in [3.8, 4) is 0 Å². The molecule has 2 aliphatic carbocycles. The van der Waals surface area contributed by atoms with Gasteiger partial charge in [0.15, 0.2) is 0 Å². The van der Waals surface area contributed by atoms with Gasteiger partial charge in [-0.2, -0.15) is 0 Å². The molecule has 4 rings (SSSR count). The Morgan fingerprint density at radius 3 is 2.52 bits per heavy atom. The van der Waals surface area contributed by atoms with Crippen molar-refractivity contribution in [1.29, 1.82) is 0 Å². The molecule has 6 atom stereocenters. The van der Waals surface area contributed by atoms with Crippen molar-refractivity contribution < 1.29 is 14.6 Å². The van der Waals surface area contributed by atoms with E-state index >= 15 is 0 Å². The zero-order valence-corrected chi connectivity index (χ0v) is 15.1. The third kappa shape index (κ3) is 1.90. The predicted molar refractivity (Wildman–Crippen MR) is 89.9 cm³/mol. The molecule has 3 heteroatoms. The first-order valence-corrected chi connectivity index (χ1v) is 9.43. The zero-order chi connectivity index (χ0) is 16.5. The van der Waals surface area contributed by atoms with Crippen LogP contribution in [0.15, 0.2) is 12.3 Å². The minimum absolute atomic E-state index is 0.0265. The molecular weight excluding hydrogens is 288 g/mol. The molecule has 2 spiro atoms. The number of hydrogen-bond donors (Lipinski definition) is 1. The van der Waals surface area contributed by atoms with Gasteiger partial charge in [-0.25, -0.2) is 0 Å². The zero-order valence-electron chi connectivity index (χ0n) is 15.1. The van der Waals surface area contributed by atoms with Crippen LogP contribution in [0.2, 0.25) is 0 Å². The van der Waals surface area contributed by atoms with E-state index in [0.717, 1.165) is 25.7 Å². The molecule has 1 N–H and O–H groups in total. The molecular formula is C20H32O3. The van der Waals surface area contributed by atoms with Gasteiger partial charge in [-0.3, -0.25) is 0 Å². The Kier molecular flexibility index (Phi) is 3.30. The van der Waals surface area contributed by atoms with Crippen LogP contribution in [0.4, 0.5) is 0 Å². The first-order valence-electron chi connectivity index (χ1n) is 9.43. The summed E-state index contributed by atoms with van der Waals surface area (Å²) >= 11 is 0. The van der Waals surface area contributed by atoms with E-state index in [0.29, 0.717) is 18.4 Å². The van der Waals surface area contributed by atoms with Gasteiger partial charge < -0.3 is 14.6 Å². The van der Waals surface area contributed by atoms with Crippen molar-refractivity contribution in [1.82, 2.24) is 0 Å². The fourth-order valence-electron chi connectivity index (χ4n) is 6.69. The van der Waals surface area contributed by atoms with Crippen LogP contribution in [0, 0.1) is 22.7 Å². The summed E-state index contributed by atoms with van der Waals surface area (Å²) in [6.07, 6.45) is 10.4. The maximum absolute atomic E-state index is 10.6. The number of hydrogen-bond acceptors (Lipinski definition) is 3. The molecule has 0 aromatic heterocycles. The highest BCUT2D eigenvalue weighted by molar-refractivity contribution is 5.20. The fraction of sp³-hybridized carbons (Fsp3) is 0.900. The van der Waals surface area contributed by atoms with Crippen LogP contribution in [0.5, 0.6) is 0 Å². The lowest BCUT2D eigenvalue weighted by atomic mass is 9.44. The third-order valence-corrected chi connectivity index (χ3v) is 8.21. The quantitative estimate of drug-likeness (QED) is 0.732. The summed E-state index contributed by atoms with van der Waals surface area (Å²) < 4.78 is 12.5. The van der Waals surface area contributed by atoms with E-state index in [1.165, 1.54) is 12.8 Å². The highest BCUT2D eigenvalue weighted by Gasteiger charge is 2.68. The van der Waals surface area contributed by atoms with Crippen LogP contribution in [-0.2, 0) is 9.47 Å². The minimum atomic E-state index is -0.195. The number of fused-ring (bicyclic) bond motifs is 2. The van der Waals surface area contributed by atoms with E-state index in [4.69, 9.17) is 9.47 Å². The number of aliphatic hydroxyl groups is 1. The summed E-state index contributed by atoms with van der Waals surface area (Å²) in [4.78, 5) is 0. The normalized spacial score (nSPS) is 54.4. The van der Waals surface area contributed by atoms with Gasteiger partial charge in [0, 0.05) is 5.41 Å². The van der Waals surface area contributed by atoms with Crippen molar-refractivity contribution in [3.63, 3.8) is 0 Å². The van der Waals surface area contributed by atoms with Crippen molar-refractivity contribution in [2.24, 2.45) is 22.7 Å². The third-order valence-electron chi connectivity index (χ3n) is 8.21. The summed E-state index contributed by atoms with van der Waals surface area (Å²) in [6.45, 7) is 10.1. The van der Waals surface area contributed by atoms with E-state index in [-0.39, 0.29) is 28.1 Å². The Balaban J connectivity index is 1.75. The average molecular weight is 320 g/mol. The minimum Gasteiger partial charge on any atom is -0.498 e. The molecule has 2 heterocycles. The van der Waals surface area contributed by atoms with Crippen molar-refractivity contribution in [2.45, 2.75) is 83.5 Å². The predicted octanol–water partition coefficient (Wildman–Crippen LogP) is 4.05. The maximum Gasteiger partial charge on any atom is 0.124 e. The summed E-state index contributed by atoms with van der Waals surface area (Å²) in [5.74, 6) is 1.10. The van der Waals surface area contributed by atoms with E-state index in [9.17, 15) is 5.11 Å². The molecule has 0 amide bonds. The van der Waals surface area contributed by atoms with Crippen LogP contribution in [-0.4, -0.2) is 29.0 Å². The standard InChI is InChI=1S/C20H32O3/c1-14-5-6-15-17(2,3)16(21)7-8-18(15,4)20(14)10-9-19(23-20)11-12-22-13-19/h11-12,14-16,21H,5-10,13H2,1-4H3. The molecule has 0 aromatic rings. The van der Waals surface area contributed by atoms with E-state index in [1.807, 2.05) is 6.26 Å². The van der Waals surface area contributed by atoms with E-state index in [1.54, 1.807) is 0 Å². The highest BCUT2D eigenvalue weighted by Crippen LogP contribution is 2.67. The van der Waals surface area contributed by atoms with E-state index < -0.39 is 0 Å². The monoisotopic (exact) mass is 320 g/mol. The number of rotatable bonds is 0. The molecule has 2 saturated carbocycles. The molecule has 1 saturated heterocycles. The molecule has 4 aliphatic rings. The van der Waals surface area contributed by atoms with Gasteiger partial charge in [0.25, 0.3) is 0 Å². The lowest BCUT2D eigenvalue weighted by Gasteiger charge is -2.64. The van der Waals surface area contributed by atoms with Gasteiger partial charge in [0.1, 0.15) is 12.2 Å². The second kappa shape index (κ2) is 4.76. The molecule has 2 aliphatic heterocycles. The Bertz CT molecular complexity index is 527. The fourth-order valence-corrected chi connectivity index (χ4v) is 6.69. The van der Waals surface area contributed by atoms with Crippen LogP contribution < -0.4 is 0 Å². The largest absolute Gasteiger partial charge is 0.498 e.